The maximum absolute atomic E-state index is 13.1. The number of nitrogens with zero attached hydrogens (tertiary/aromatic N) is 2. The highest BCUT2D eigenvalue weighted by atomic mass is 35.5. The number of halogens is 6. The molecule has 0 aromatic heterocycles. The SMILES string of the molecule is Cc1ccc(Cl)cc1N1CCN(C(=O)C2C[C@H]2c2cccc(S(F)(F)(F)(F)F)c2)CC1. The quantitative estimate of drug-likeness (QED) is 0.451. The maximum atomic E-state index is 13.1. The molecule has 2 aromatic rings. The smallest absolute Gasteiger partial charge is 0.310 e. The summed E-state index contributed by atoms with van der Waals surface area (Å²) in [4.78, 5) is 14.8. The summed E-state index contributed by atoms with van der Waals surface area (Å²) < 4.78 is 65.5. The van der Waals surface area contributed by atoms with E-state index in [4.69, 9.17) is 11.6 Å². The summed E-state index contributed by atoms with van der Waals surface area (Å²) in [6.07, 6.45) is 0.371. The average molecular weight is 481 g/mol. The third-order valence-electron chi connectivity index (χ3n) is 5.94. The van der Waals surface area contributed by atoms with Crippen LogP contribution >= 0.6 is 21.8 Å². The number of carbonyl (C=O) groups is 1. The fourth-order valence-electron chi connectivity index (χ4n) is 4.15. The van der Waals surface area contributed by atoms with Crippen LogP contribution in [0.4, 0.5) is 25.1 Å². The van der Waals surface area contributed by atoms with Crippen molar-refractivity contribution in [3.63, 3.8) is 0 Å². The number of benzene rings is 2. The fourth-order valence-corrected chi connectivity index (χ4v) is 5.01. The zero-order valence-corrected chi connectivity index (χ0v) is 18.3. The molecular formula is C21H22ClF5N2OS. The molecule has 1 saturated heterocycles. The Kier molecular flexibility index (Phi) is 4.83. The Hall–Kier alpha value is -2.00. The first-order valence-electron chi connectivity index (χ1n) is 9.87. The molecule has 0 spiro atoms. The van der Waals surface area contributed by atoms with Crippen molar-refractivity contribution in [2.75, 3.05) is 31.1 Å². The minimum Gasteiger partial charge on any atom is -0.368 e. The molecule has 10 heteroatoms. The molecule has 170 valence electrons. The van der Waals surface area contributed by atoms with E-state index in [0.29, 0.717) is 49.8 Å². The highest BCUT2D eigenvalue weighted by Crippen LogP contribution is 3.02. The molecule has 2 fully saturated rings. The molecule has 2 aliphatic rings. The highest BCUT2D eigenvalue weighted by molar-refractivity contribution is 8.45. The Morgan fingerprint density at radius 2 is 1.68 bits per heavy atom. The first-order valence-corrected chi connectivity index (χ1v) is 12.2. The Morgan fingerprint density at radius 3 is 2.32 bits per heavy atom. The molecule has 31 heavy (non-hydrogen) atoms. The molecule has 4 rings (SSSR count). The summed E-state index contributed by atoms with van der Waals surface area (Å²) in [6.45, 7) is 4.19. The Labute approximate surface area is 182 Å². The number of rotatable bonds is 4. The normalized spacial score (nSPS) is 23.8. The van der Waals surface area contributed by atoms with E-state index in [1.165, 1.54) is 6.07 Å². The molecular weight excluding hydrogens is 459 g/mol. The van der Waals surface area contributed by atoms with Crippen molar-refractivity contribution in [3.8, 4) is 0 Å². The van der Waals surface area contributed by atoms with Crippen molar-refractivity contribution < 1.29 is 24.2 Å². The topological polar surface area (TPSA) is 23.6 Å². The number of hydrogen-bond acceptors (Lipinski definition) is 2. The number of anilines is 1. The molecule has 2 aromatic carbocycles. The van der Waals surface area contributed by atoms with Crippen LogP contribution in [0.25, 0.3) is 0 Å². The molecule has 1 unspecified atom stereocenters. The van der Waals surface area contributed by atoms with Gasteiger partial charge in [-0.1, -0.05) is 49.2 Å². The lowest BCUT2D eigenvalue weighted by Gasteiger charge is -2.40. The van der Waals surface area contributed by atoms with Crippen LogP contribution in [0.15, 0.2) is 47.4 Å². The van der Waals surface area contributed by atoms with Gasteiger partial charge in [0, 0.05) is 42.8 Å². The van der Waals surface area contributed by atoms with Crippen LogP contribution in [0.5, 0.6) is 0 Å². The zero-order valence-electron chi connectivity index (χ0n) is 16.7. The second-order valence-electron chi connectivity index (χ2n) is 8.23. The van der Waals surface area contributed by atoms with E-state index in [1.54, 1.807) is 4.90 Å². The van der Waals surface area contributed by atoms with Crippen molar-refractivity contribution in [1.82, 2.24) is 4.90 Å². The van der Waals surface area contributed by atoms with Gasteiger partial charge in [-0.05, 0) is 54.7 Å². The van der Waals surface area contributed by atoms with E-state index in [-0.39, 0.29) is 11.5 Å². The first kappa shape index (κ1) is 22.2. The largest absolute Gasteiger partial charge is 0.368 e. The third-order valence-corrected chi connectivity index (χ3v) is 7.32. The van der Waals surface area contributed by atoms with Crippen LogP contribution in [-0.2, 0) is 4.79 Å². The summed E-state index contributed by atoms with van der Waals surface area (Å²) in [7, 11) is -9.74. The molecule has 1 aliphatic carbocycles. The van der Waals surface area contributed by atoms with Gasteiger partial charge in [0.25, 0.3) is 0 Å². The number of carbonyl (C=O) groups excluding carboxylic acids is 1. The standard InChI is InChI=1S/C21H22ClF5N2OS/c1-14-5-6-16(22)12-20(14)28-7-9-29(10-8-28)21(30)19-13-18(19)15-3-2-4-17(11-15)31(23,24,25,26)27/h2-6,11-12,18-19H,7-10,13H2,1H3/t18-,19?/m0/s1. The van der Waals surface area contributed by atoms with Gasteiger partial charge >= 0.3 is 10.2 Å². The van der Waals surface area contributed by atoms with E-state index in [2.05, 4.69) is 4.90 Å². The molecule has 2 atom stereocenters. The number of amides is 1. The second-order valence-corrected chi connectivity index (χ2v) is 11.1. The Bertz CT molecular complexity index is 1040. The van der Waals surface area contributed by atoms with Gasteiger partial charge in [0.2, 0.25) is 5.91 Å². The van der Waals surface area contributed by atoms with Crippen LogP contribution in [0.3, 0.4) is 0 Å². The lowest BCUT2D eigenvalue weighted by atomic mass is 10.1. The van der Waals surface area contributed by atoms with Gasteiger partial charge in [0.1, 0.15) is 4.90 Å². The molecule has 1 heterocycles. The Morgan fingerprint density at radius 1 is 1.00 bits per heavy atom. The van der Waals surface area contributed by atoms with Crippen LogP contribution in [0.1, 0.15) is 23.5 Å². The molecule has 0 radical (unpaired) electrons. The van der Waals surface area contributed by atoms with Gasteiger partial charge in [-0.25, -0.2) is 0 Å². The van der Waals surface area contributed by atoms with E-state index in [1.807, 2.05) is 25.1 Å². The molecule has 0 N–H and O–H groups in total. The highest BCUT2D eigenvalue weighted by Gasteiger charge is 2.65. The summed E-state index contributed by atoms with van der Waals surface area (Å²) in [5.74, 6) is -1.06. The monoisotopic (exact) mass is 480 g/mol. The molecule has 0 bridgehead atoms. The molecule has 1 saturated carbocycles. The summed E-state index contributed by atoms with van der Waals surface area (Å²) in [5, 5.41) is 0.633. The minimum atomic E-state index is -9.74. The van der Waals surface area contributed by atoms with Crippen molar-refractivity contribution in [1.29, 1.82) is 0 Å². The van der Waals surface area contributed by atoms with Gasteiger partial charge in [0.05, 0.1) is 0 Å². The fraction of sp³-hybridized carbons (Fsp3) is 0.381. The van der Waals surface area contributed by atoms with E-state index in [9.17, 15) is 24.2 Å². The van der Waals surface area contributed by atoms with Gasteiger partial charge in [0.15, 0.2) is 0 Å². The number of aryl methyl sites for hydroxylation is 1. The third kappa shape index (κ3) is 4.77. The first-order chi connectivity index (χ1) is 14.2. The summed E-state index contributed by atoms with van der Waals surface area (Å²) in [5.41, 5.74) is 2.23. The minimum absolute atomic E-state index is 0.134. The maximum Gasteiger partial charge on any atom is 0.310 e. The average Bonchev–Trinajstić information content (AvgIpc) is 3.49. The van der Waals surface area contributed by atoms with Gasteiger partial charge < -0.3 is 9.80 Å². The summed E-state index contributed by atoms with van der Waals surface area (Å²) >= 11 is 6.09. The van der Waals surface area contributed by atoms with E-state index >= 15 is 0 Å². The Balaban J connectivity index is 1.40. The van der Waals surface area contributed by atoms with Crippen LogP contribution < -0.4 is 4.90 Å². The van der Waals surface area contributed by atoms with E-state index in [0.717, 1.165) is 17.3 Å². The van der Waals surface area contributed by atoms with Gasteiger partial charge in [-0.3, -0.25) is 4.79 Å². The molecule has 1 amide bonds. The van der Waals surface area contributed by atoms with Gasteiger partial charge in [-0.2, -0.15) is 0 Å². The van der Waals surface area contributed by atoms with E-state index < -0.39 is 27.0 Å². The van der Waals surface area contributed by atoms with Crippen molar-refractivity contribution >= 4 is 33.4 Å². The van der Waals surface area contributed by atoms with Crippen LogP contribution in [0.2, 0.25) is 5.02 Å². The number of hydrogen-bond donors (Lipinski definition) is 0. The van der Waals surface area contributed by atoms with Gasteiger partial charge in [-0.15, -0.1) is 0 Å². The van der Waals surface area contributed by atoms with Crippen molar-refractivity contribution in [3.05, 3.63) is 58.6 Å². The molecule has 1 aliphatic heterocycles. The molecule has 3 nitrogen and oxygen atoms in total. The predicted molar refractivity (Wildman–Crippen MR) is 114 cm³/mol. The van der Waals surface area contributed by atoms with Crippen LogP contribution in [-0.4, -0.2) is 37.0 Å². The lowest BCUT2D eigenvalue weighted by Crippen LogP contribution is -2.49. The second kappa shape index (κ2) is 6.75. The number of piperazine rings is 1. The summed E-state index contributed by atoms with van der Waals surface area (Å²) in [6, 6.07) is 8.89. The lowest BCUT2D eigenvalue weighted by molar-refractivity contribution is -0.133. The van der Waals surface area contributed by atoms with Crippen molar-refractivity contribution in [2.24, 2.45) is 5.92 Å². The van der Waals surface area contributed by atoms with Crippen LogP contribution in [0, 0.1) is 12.8 Å². The predicted octanol–water partition coefficient (Wildman–Crippen LogP) is 6.76. The zero-order chi connectivity index (χ0) is 22.7. The van der Waals surface area contributed by atoms with Crippen molar-refractivity contribution in [2.45, 2.75) is 24.2 Å².